The number of nitrogens with one attached hydrogen (secondary N) is 3. The minimum Gasteiger partial charge on any atom is -0.480 e. The SMILES string of the molecule is CSCCC(NC(=O)C(N)C(C)O)C(=O)NC(CC(C)C)C(=O)NC(C(=O)O)C(C)C. The van der Waals surface area contributed by atoms with Crippen LogP contribution in [0.3, 0.4) is 0 Å². The number of hydrogen-bond acceptors (Lipinski definition) is 7. The molecule has 0 saturated carbocycles. The van der Waals surface area contributed by atoms with Crippen LogP contribution in [0.4, 0.5) is 0 Å². The highest BCUT2D eigenvalue weighted by molar-refractivity contribution is 7.98. The molecule has 0 aromatic carbocycles. The first-order valence-electron chi connectivity index (χ1n) is 10.4. The number of thioether (sulfide) groups is 1. The van der Waals surface area contributed by atoms with Crippen molar-refractivity contribution in [2.24, 2.45) is 17.6 Å². The van der Waals surface area contributed by atoms with Gasteiger partial charge in [-0.15, -0.1) is 0 Å². The fourth-order valence-electron chi connectivity index (χ4n) is 2.73. The highest BCUT2D eigenvalue weighted by Crippen LogP contribution is 2.09. The van der Waals surface area contributed by atoms with Crippen LogP contribution < -0.4 is 21.7 Å². The summed E-state index contributed by atoms with van der Waals surface area (Å²) in [5.74, 6) is -2.73. The van der Waals surface area contributed by atoms with Crippen LogP contribution in [0.2, 0.25) is 0 Å². The molecule has 11 heteroatoms. The van der Waals surface area contributed by atoms with Gasteiger partial charge in [-0.25, -0.2) is 4.79 Å². The summed E-state index contributed by atoms with van der Waals surface area (Å²) in [6.07, 6.45) is 1.35. The van der Waals surface area contributed by atoms with Crippen molar-refractivity contribution in [2.45, 2.75) is 77.7 Å². The number of aliphatic carboxylic acids is 1. The van der Waals surface area contributed by atoms with Gasteiger partial charge in [-0.05, 0) is 43.6 Å². The van der Waals surface area contributed by atoms with E-state index in [0.29, 0.717) is 18.6 Å². The van der Waals surface area contributed by atoms with Gasteiger partial charge in [0.2, 0.25) is 17.7 Å². The highest BCUT2D eigenvalue weighted by atomic mass is 32.2. The topological polar surface area (TPSA) is 171 Å². The van der Waals surface area contributed by atoms with Gasteiger partial charge in [-0.1, -0.05) is 27.7 Å². The van der Waals surface area contributed by atoms with Crippen molar-refractivity contribution in [1.82, 2.24) is 16.0 Å². The Morgan fingerprint density at radius 3 is 1.84 bits per heavy atom. The van der Waals surface area contributed by atoms with Crippen LogP contribution in [-0.2, 0) is 19.2 Å². The lowest BCUT2D eigenvalue weighted by Gasteiger charge is -2.27. The number of aliphatic hydroxyl groups is 1. The lowest BCUT2D eigenvalue weighted by molar-refractivity contribution is -0.143. The maximum absolute atomic E-state index is 12.9. The molecule has 3 amide bonds. The average molecular weight is 463 g/mol. The maximum atomic E-state index is 12.9. The number of carbonyl (C=O) groups is 4. The molecule has 0 spiro atoms. The molecule has 0 aromatic rings. The standard InChI is InChI=1S/C20H38N4O6S/c1-10(2)9-14(18(27)24-16(11(3)4)20(29)30)23-17(26)13(7-8-31-6)22-19(28)15(21)12(5)25/h10-16,25H,7-9,21H2,1-6H3,(H,22,28)(H,23,26)(H,24,27)(H,29,30). The zero-order valence-electron chi connectivity index (χ0n) is 19.2. The largest absolute Gasteiger partial charge is 0.480 e. The summed E-state index contributed by atoms with van der Waals surface area (Å²) < 4.78 is 0. The van der Waals surface area contributed by atoms with E-state index in [0.717, 1.165) is 0 Å². The van der Waals surface area contributed by atoms with Crippen molar-refractivity contribution in [3.05, 3.63) is 0 Å². The van der Waals surface area contributed by atoms with Crippen LogP contribution in [0.25, 0.3) is 0 Å². The molecule has 0 rings (SSSR count). The predicted octanol–water partition coefficient (Wildman–Crippen LogP) is -0.311. The minimum absolute atomic E-state index is 0.0428. The molecule has 0 fully saturated rings. The molecule has 0 aliphatic carbocycles. The van der Waals surface area contributed by atoms with E-state index in [1.54, 1.807) is 13.8 Å². The molecule has 0 saturated heterocycles. The quantitative estimate of drug-likeness (QED) is 0.204. The van der Waals surface area contributed by atoms with Gasteiger partial charge in [0, 0.05) is 0 Å². The summed E-state index contributed by atoms with van der Waals surface area (Å²) >= 11 is 1.48. The Labute approximate surface area is 188 Å². The summed E-state index contributed by atoms with van der Waals surface area (Å²) in [5, 5.41) is 26.5. The summed E-state index contributed by atoms with van der Waals surface area (Å²) in [6, 6.07) is -4.20. The zero-order chi connectivity index (χ0) is 24.3. The summed E-state index contributed by atoms with van der Waals surface area (Å²) in [4.78, 5) is 49.3. The number of carboxylic acids is 1. The molecular formula is C20H38N4O6S. The van der Waals surface area contributed by atoms with Crippen molar-refractivity contribution in [3.63, 3.8) is 0 Å². The van der Waals surface area contributed by atoms with Crippen molar-refractivity contribution < 1.29 is 29.4 Å². The number of carboxylic acid groups (broad SMARTS) is 1. The molecule has 0 aromatic heterocycles. The fourth-order valence-corrected chi connectivity index (χ4v) is 3.21. The third-order valence-corrected chi connectivity index (χ3v) is 5.28. The number of amides is 3. The Bertz CT molecular complexity index is 614. The Balaban J connectivity index is 5.46. The van der Waals surface area contributed by atoms with E-state index in [2.05, 4.69) is 16.0 Å². The molecule has 0 aliphatic rings. The third kappa shape index (κ3) is 10.8. The number of carbonyl (C=O) groups excluding carboxylic acids is 3. The first-order valence-corrected chi connectivity index (χ1v) is 11.8. The first-order chi connectivity index (χ1) is 14.3. The van der Waals surface area contributed by atoms with Crippen LogP contribution >= 0.6 is 11.8 Å². The second-order valence-electron chi connectivity index (χ2n) is 8.37. The van der Waals surface area contributed by atoms with Gasteiger partial charge in [-0.2, -0.15) is 11.8 Å². The zero-order valence-corrected chi connectivity index (χ0v) is 20.0. The molecular weight excluding hydrogens is 424 g/mol. The molecule has 31 heavy (non-hydrogen) atoms. The molecule has 7 N–H and O–H groups in total. The molecule has 0 aliphatic heterocycles. The Morgan fingerprint density at radius 1 is 0.903 bits per heavy atom. The summed E-state index contributed by atoms with van der Waals surface area (Å²) in [7, 11) is 0. The molecule has 10 nitrogen and oxygen atoms in total. The van der Waals surface area contributed by atoms with Crippen LogP contribution in [-0.4, -0.2) is 76.2 Å². The second kappa shape index (κ2) is 14.3. The van der Waals surface area contributed by atoms with E-state index in [1.807, 2.05) is 20.1 Å². The smallest absolute Gasteiger partial charge is 0.326 e. The minimum atomic E-state index is -1.19. The van der Waals surface area contributed by atoms with Crippen LogP contribution in [0.15, 0.2) is 0 Å². The van der Waals surface area contributed by atoms with E-state index in [1.165, 1.54) is 18.7 Å². The second-order valence-corrected chi connectivity index (χ2v) is 9.35. The Kier molecular flexibility index (Phi) is 13.4. The predicted molar refractivity (Wildman–Crippen MR) is 120 cm³/mol. The van der Waals surface area contributed by atoms with Gasteiger partial charge < -0.3 is 31.9 Å². The third-order valence-electron chi connectivity index (χ3n) is 4.64. The Morgan fingerprint density at radius 2 is 1.42 bits per heavy atom. The summed E-state index contributed by atoms with van der Waals surface area (Å²) in [5.41, 5.74) is 5.65. The van der Waals surface area contributed by atoms with Gasteiger partial charge in [-0.3, -0.25) is 14.4 Å². The van der Waals surface area contributed by atoms with Gasteiger partial charge in [0.15, 0.2) is 0 Å². The van der Waals surface area contributed by atoms with E-state index >= 15 is 0 Å². The van der Waals surface area contributed by atoms with Crippen molar-refractivity contribution >= 4 is 35.5 Å². The van der Waals surface area contributed by atoms with Gasteiger partial charge in [0.1, 0.15) is 24.2 Å². The Hall–Kier alpha value is -1.85. The van der Waals surface area contributed by atoms with Crippen LogP contribution in [0.1, 0.15) is 47.5 Å². The highest BCUT2D eigenvalue weighted by Gasteiger charge is 2.32. The van der Waals surface area contributed by atoms with Gasteiger partial charge in [0.25, 0.3) is 0 Å². The maximum Gasteiger partial charge on any atom is 0.326 e. The van der Waals surface area contributed by atoms with Crippen molar-refractivity contribution in [1.29, 1.82) is 0 Å². The number of hydrogen-bond donors (Lipinski definition) is 6. The van der Waals surface area contributed by atoms with Crippen LogP contribution in [0.5, 0.6) is 0 Å². The van der Waals surface area contributed by atoms with E-state index < -0.39 is 54.0 Å². The number of nitrogens with two attached hydrogens (primary N) is 1. The van der Waals surface area contributed by atoms with Crippen molar-refractivity contribution in [3.8, 4) is 0 Å². The first kappa shape index (κ1) is 29.1. The van der Waals surface area contributed by atoms with Crippen molar-refractivity contribution in [2.75, 3.05) is 12.0 Å². The van der Waals surface area contributed by atoms with E-state index in [4.69, 9.17) is 5.73 Å². The van der Waals surface area contributed by atoms with E-state index in [-0.39, 0.29) is 11.8 Å². The molecule has 180 valence electrons. The lowest BCUT2D eigenvalue weighted by Crippen LogP contribution is -2.58. The van der Waals surface area contributed by atoms with Gasteiger partial charge >= 0.3 is 5.97 Å². The normalized spacial score (nSPS) is 16.2. The average Bonchev–Trinajstić information content (AvgIpc) is 2.66. The number of aliphatic hydroxyl groups excluding tert-OH is 1. The van der Waals surface area contributed by atoms with E-state index in [9.17, 15) is 29.4 Å². The molecule has 0 heterocycles. The molecule has 0 bridgehead atoms. The molecule has 5 unspecified atom stereocenters. The molecule has 5 atom stereocenters. The van der Waals surface area contributed by atoms with Gasteiger partial charge in [0.05, 0.1) is 6.10 Å². The fraction of sp³-hybridized carbons (Fsp3) is 0.800. The van der Waals surface area contributed by atoms with Crippen LogP contribution in [0, 0.1) is 11.8 Å². The number of rotatable bonds is 14. The molecule has 0 radical (unpaired) electrons. The monoisotopic (exact) mass is 462 g/mol. The lowest BCUT2D eigenvalue weighted by atomic mass is 10.00. The summed E-state index contributed by atoms with van der Waals surface area (Å²) in [6.45, 7) is 8.47.